The molecule has 0 atom stereocenters. The summed E-state index contributed by atoms with van der Waals surface area (Å²) in [5.41, 5.74) is 6.15. The lowest BCUT2D eigenvalue weighted by Gasteiger charge is -2.11. The molecule has 0 bridgehead atoms. The Hall–Kier alpha value is -2.15. The van der Waals surface area contributed by atoms with Crippen LogP contribution in [0.5, 0.6) is 0 Å². The highest BCUT2D eigenvalue weighted by atomic mass is 32.2. The smallest absolute Gasteiger partial charge is 0.262 e. The van der Waals surface area contributed by atoms with Crippen LogP contribution in [0.25, 0.3) is 0 Å². The van der Waals surface area contributed by atoms with E-state index in [9.17, 15) is 17.2 Å². The average molecular weight is 298 g/mol. The van der Waals surface area contributed by atoms with Crippen LogP contribution in [0.3, 0.4) is 0 Å². The predicted octanol–water partition coefficient (Wildman–Crippen LogP) is 2.66. The zero-order valence-corrected chi connectivity index (χ0v) is 11.3. The Bertz CT molecular complexity index is 741. The largest absolute Gasteiger partial charge is 0.398 e. The van der Waals surface area contributed by atoms with Crippen LogP contribution in [0, 0.1) is 18.6 Å². The zero-order chi connectivity index (χ0) is 14.9. The Morgan fingerprint density at radius 1 is 1.10 bits per heavy atom. The SMILES string of the molecule is Cc1c(N)cccc1S(=O)(=O)Nc1cc(F)cc(F)c1. The minimum atomic E-state index is -3.96. The Morgan fingerprint density at radius 3 is 2.30 bits per heavy atom. The Morgan fingerprint density at radius 2 is 1.70 bits per heavy atom. The average Bonchev–Trinajstić information content (AvgIpc) is 2.30. The fraction of sp³-hybridized carbons (Fsp3) is 0.0769. The molecule has 2 aromatic rings. The molecule has 0 aliphatic rings. The molecule has 0 amide bonds. The molecule has 4 nitrogen and oxygen atoms in total. The third kappa shape index (κ3) is 2.88. The topological polar surface area (TPSA) is 72.2 Å². The number of nitrogen functional groups attached to an aromatic ring is 1. The molecule has 0 aliphatic carbocycles. The number of benzene rings is 2. The van der Waals surface area contributed by atoms with Gasteiger partial charge < -0.3 is 5.73 Å². The molecule has 0 fully saturated rings. The lowest BCUT2D eigenvalue weighted by atomic mass is 10.2. The Kier molecular flexibility index (Phi) is 3.63. The summed E-state index contributed by atoms with van der Waals surface area (Å²) in [6.07, 6.45) is 0. The molecular weight excluding hydrogens is 286 g/mol. The van der Waals surface area contributed by atoms with Crippen LogP contribution in [-0.4, -0.2) is 8.42 Å². The van der Waals surface area contributed by atoms with Gasteiger partial charge in [0.15, 0.2) is 0 Å². The van der Waals surface area contributed by atoms with Crippen molar-refractivity contribution in [2.24, 2.45) is 0 Å². The van der Waals surface area contributed by atoms with Gasteiger partial charge in [-0.2, -0.15) is 0 Å². The van der Waals surface area contributed by atoms with Crippen LogP contribution >= 0.6 is 0 Å². The number of hydrogen-bond acceptors (Lipinski definition) is 3. The molecular formula is C13H12F2N2O2S. The molecule has 0 radical (unpaired) electrons. The standard InChI is InChI=1S/C13H12F2N2O2S/c1-8-12(16)3-2-4-13(8)20(18,19)17-11-6-9(14)5-10(15)7-11/h2-7,17H,16H2,1H3. The predicted molar refractivity (Wildman–Crippen MR) is 72.8 cm³/mol. The van der Waals surface area contributed by atoms with Crippen LogP contribution in [0.2, 0.25) is 0 Å². The lowest BCUT2D eigenvalue weighted by Crippen LogP contribution is -2.15. The first-order valence-electron chi connectivity index (χ1n) is 5.63. The van der Waals surface area contributed by atoms with Gasteiger partial charge in [-0.25, -0.2) is 17.2 Å². The molecule has 2 rings (SSSR count). The fourth-order valence-electron chi connectivity index (χ4n) is 1.75. The Balaban J connectivity index is 2.43. The number of halogens is 2. The van der Waals surface area contributed by atoms with Crippen molar-refractivity contribution in [1.29, 1.82) is 0 Å². The molecule has 0 saturated carbocycles. The third-order valence-electron chi connectivity index (χ3n) is 2.73. The maximum Gasteiger partial charge on any atom is 0.262 e. The molecule has 0 aliphatic heterocycles. The van der Waals surface area contributed by atoms with E-state index in [1.165, 1.54) is 12.1 Å². The van der Waals surface area contributed by atoms with Crippen molar-refractivity contribution in [1.82, 2.24) is 0 Å². The molecule has 0 unspecified atom stereocenters. The van der Waals surface area contributed by atoms with E-state index in [4.69, 9.17) is 5.73 Å². The third-order valence-corrected chi connectivity index (χ3v) is 4.26. The van der Waals surface area contributed by atoms with Gasteiger partial charge in [0, 0.05) is 11.8 Å². The van der Waals surface area contributed by atoms with Gasteiger partial charge in [0.1, 0.15) is 11.6 Å². The number of nitrogens with one attached hydrogen (secondary N) is 1. The molecule has 0 spiro atoms. The van der Waals surface area contributed by atoms with Crippen LogP contribution in [-0.2, 0) is 10.0 Å². The number of anilines is 2. The maximum atomic E-state index is 13.1. The minimum Gasteiger partial charge on any atom is -0.398 e. The molecule has 3 N–H and O–H groups in total. The monoisotopic (exact) mass is 298 g/mol. The second kappa shape index (κ2) is 5.09. The van der Waals surface area contributed by atoms with Crippen molar-refractivity contribution < 1.29 is 17.2 Å². The van der Waals surface area contributed by atoms with E-state index in [2.05, 4.69) is 4.72 Å². The minimum absolute atomic E-state index is 0.0397. The molecule has 0 aromatic heterocycles. The molecule has 2 aromatic carbocycles. The van der Waals surface area contributed by atoms with Gasteiger partial charge in [0.25, 0.3) is 10.0 Å². The van der Waals surface area contributed by atoms with E-state index < -0.39 is 21.7 Å². The van der Waals surface area contributed by atoms with Gasteiger partial charge in [0.2, 0.25) is 0 Å². The van der Waals surface area contributed by atoms with Crippen molar-refractivity contribution in [3.8, 4) is 0 Å². The van der Waals surface area contributed by atoms with Crippen LogP contribution in [0.4, 0.5) is 20.2 Å². The summed E-state index contributed by atoms with van der Waals surface area (Å²) in [6, 6.07) is 6.86. The van der Waals surface area contributed by atoms with Crippen LogP contribution in [0.1, 0.15) is 5.56 Å². The summed E-state index contributed by atoms with van der Waals surface area (Å²) in [4.78, 5) is -0.0397. The van der Waals surface area contributed by atoms with E-state index >= 15 is 0 Å². The van der Waals surface area contributed by atoms with Crippen molar-refractivity contribution in [3.63, 3.8) is 0 Å². The summed E-state index contributed by atoms with van der Waals surface area (Å²) in [6.45, 7) is 1.55. The summed E-state index contributed by atoms with van der Waals surface area (Å²) < 4.78 is 52.6. The van der Waals surface area contributed by atoms with Crippen molar-refractivity contribution in [2.75, 3.05) is 10.5 Å². The summed E-state index contributed by atoms with van der Waals surface area (Å²) in [5, 5.41) is 0. The summed E-state index contributed by atoms with van der Waals surface area (Å²) >= 11 is 0. The Labute approximate surface area is 115 Å². The van der Waals surface area contributed by atoms with Crippen molar-refractivity contribution in [2.45, 2.75) is 11.8 Å². The summed E-state index contributed by atoms with van der Waals surface area (Å²) in [5.74, 6) is -1.74. The first kappa shape index (κ1) is 14.3. The highest BCUT2D eigenvalue weighted by Crippen LogP contribution is 2.23. The quantitative estimate of drug-likeness (QED) is 0.856. The fourth-order valence-corrected chi connectivity index (χ4v) is 3.06. The normalized spacial score (nSPS) is 11.3. The molecule has 106 valence electrons. The van der Waals surface area contributed by atoms with Crippen LogP contribution < -0.4 is 10.5 Å². The maximum absolute atomic E-state index is 13.1. The van der Waals surface area contributed by atoms with Gasteiger partial charge in [-0.05, 0) is 36.8 Å². The second-order valence-corrected chi connectivity index (χ2v) is 5.88. The first-order chi connectivity index (χ1) is 9.29. The van der Waals surface area contributed by atoms with E-state index in [-0.39, 0.29) is 10.6 Å². The van der Waals surface area contributed by atoms with Gasteiger partial charge in [-0.1, -0.05) is 6.07 Å². The molecule has 0 saturated heterocycles. The number of rotatable bonds is 3. The molecule has 0 heterocycles. The second-order valence-electron chi connectivity index (χ2n) is 4.23. The van der Waals surface area contributed by atoms with Gasteiger partial charge in [0.05, 0.1) is 10.6 Å². The van der Waals surface area contributed by atoms with E-state index in [1.807, 2.05) is 0 Å². The van der Waals surface area contributed by atoms with E-state index in [1.54, 1.807) is 13.0 Å². The molecule has 7 heteroatoms. The lowest BCUT2D eigenvalue weighted by molar-refractivity contribution is 0.584. The number of nitrogens with two attached hydrogens (primary N) is 1. The van der Waals surface area contributed by atoms with Gasteiger partial charge in [-0.3, -0.25) is 4.72 Å². The first-order valence-corrected chi connectivity index (χ1v) is 7.12. The highest BCUT2D eigenvalue weighted by molar-refractivity contribution is 7.92. The van der Waals surface area contributed by atoms with Crippen molar-refractivity contribution in [3.05, 3.63) is 53.6 Å². The van der Waals surface area contributed by atoms with Gasteiger partial charge in [-0.15, -0.1) is 0 Å². The number of sulfonamides is 1. The summed E-state index contributed by atoms with van der Waals surface area (Å²) in [7, 11) is -3.96. The van der Waals surface area contributed by atoms with Gasteiger partial charge >= 0.3 is 0 Å². The zero-order valence-electron chi connectivity index (χ0n) is 10.5. The molecule has 20 heavy (non-hydrogen) atoms. The number of hydrogen-bond donors (Lipinski definition) is 2. The van der Waals surface area contributed by atoms with Crippen LogP contribution in [0.15, 0.2) is 41.3 Å². The van der Waals surface area contributed by atoms with Crippen molar-refractivity contribution >= 4 is 21.4 Å². The van der Waals surface area contributed by atoms with E-state index in [0.29, 0.717) is 17.3 Å². The highest BCUT2D eigenvalue weighted by Gasteiger charge is 2.18. The van der Waals surface area contributed by atoms with E-state index in [0.717, 1.165) is 12.1 Å².